The number of likely N-dealkylation sites (N-methyl/N-ethyl adjacent to an activating group) is 1. The zero-order valence-corrected chi connectivity index (χ0v) is 17.1. The van der Waals surface area contributed by atoms with Gasteiger partial charge in [0.15, 0.2) is 0 Å². The molecule has 0 unspecified atom stereocenters. The number of carbonyl (C=O) groups excluding carboxylic acids is 1. The fourth-order valence-electron chi connectivity index (χ4n) is 3.70. The second-order valence-corrected chi connectivity index (χ2v) is 7.58. The van der Waals surface area contributed by atoms with E-state index < -0.39 is 0 Å². The van der Waals surface area contributed by atoms with Crippen molar-refractivity contribution in [3.63, 3.8) is 0 Å². The Morgan fingerprint density at radius 1 is 1.13 bits per heavy atom. The molecule has 0 aliphatic carbocycles. The molecule has 152 valence electrons. The minimum atomic E-state index is -0.330. The molecule has 0 saturated carbocycles. The normalized spacial score (nSPS) is 16.2. The molecule has 0 saturated heterocycles. The Hall–Kier alpha value is -3.81. The molecular weight excluding hydrogens is 378 g/mol. The van der Waals surface area contributed by atoms with Crippen molar-refractivity contribution in [2.45, 2.75) is 25.8 Å². The number of benzene rings is 2. The maximum atomic E-state index is 12.1. The zero-order chi connectivity index (χ0) is 21.1. The third-order valence-electron chi connectivity index (χ3n) is 5.21. The number of fused-ring (bicyclic) bond motifs is 1. The van der Waals surface area contributed by atoms with E-state index in [0.717, 1.165) is 11.3 Å². The van der Waals surface area contributed by atoms with Gasteiger partial charge in [-0.2, -0.15) is 9.90 Å². The summed E-state index contributed by atoms with van der Waals surface area (Å²) in [6.45, 7) is 4.28. The van der Waals surface area contributed by atoms with Crippen LogP contribution in [0.15, 0.2) is 71.5 Å². The number of nitrogens with one attached hydrogen (secondary N) is 1. The molecule has 0 fully saturated rings. The van der Waals surface area contributed by atoms with Gasteiger partial charge in [-0.05, 0) is 22.9 Å². The maximum Gasteiger partial charge on any atom is 0.263 e. The van der Waals surface area contributed by atoms with Crippen LogP contribution in [0.5, 0.6) is 0 Å². The Morgan fingerprint density at radius 2 is 1.87 bits per heavy atom. The first kappa shape index (κ1) is 19.5. The van der Waals surface area contributed by atoms with Gasteiger partial charge in [0.25, 0.3) is 5.91 Å². The van der Waals surface area contributed by atoms with Crippen LogP contribution in [0, 0.1) is 0 Å². The van der Waals surface area contributed by atoms with Crippen LogP contribution in [0.25, 0.3) is 11.4 Å². The molecule has 0 atom stereocenters. The number of para-hydroxylation sites is 1. The van der Waals surface area contributed by atoms with Crippen molar-refractivity contribution in [3.8, 4) is 11.4 Å². The summed E-state index contributed by atoms with van der Waals surface area (Å²) >= 11 is 0. The predicted molar refractivity (Wildman–Crippen MR) is 116 cm³/mol. The third-order valence-corrected chi connectivity index (χ3v) is 5.21. The van der Waals surface area contributed by atoms with E-state index in [1.165, 1.54) is 16.0 Å². The molecule has 30 heavy (non-hydrogen) atoms. The second kappa shape index (κ2) is 7.90. The van der Waals surface area contributed by atoms with E-state index in [9.17, 15) is 4.79 Å². The molecule has 1 aliphatic heterocycles. The molecular formula is C22H23N7O. The van der Waals surface area contributed by atoms with Gasteiger partial charge >= 0.3 is 0 Å². The molecule has 2 heterocycles. The van der Waals surface area contributed by atoms with Crippen molar-refractivity contribution in [1.29, 1.82) is 0 Å². The van der Waals surface area contributed by atoms with Crippen LogP contribution in [0.1, 0.15) is 19.4 Å². The number of aromatic nitrogens is 4. The van der Waals surface area contributed by atoms with Crippen molar-refractivity contribution >= 4 is 17.8 Å². The van der Waals surface area contributed by atoms with Crippen LogP contribution < -0.4 is 10.3 Å². The molecule has 1 N–H and O–H groups in total. The minimum absolute atomic E-state index is 0.0649. The average molecular weight is 401 g/mol. The number of hydrogen-bond donors (Lipinski definition) is 1. The lowest BCUT2D eigenvalue weighted by atomic mass is 9.84. The molecule has 0 bridgehead atoms. The van der Waals surface area contributed by atoms with Gasteiger partial charge in [0.2, 0.25) is 5.82 Å². The molecule has 1 aliphatic rings. The molecule has 1 aromatic heterocycles. The minimum Gasteiger partial charge on any atom is -0.347 e. The van der Waals surface area contributed by atoms with Crippen LogP contribution in [0.2, 0.25) is 0 Å². The van der Waals surface area contributed by atoms with Gasteiger partial charge in [0, 0.05) is 35.6 Å². The molecule has 1 amide bonds. The molecule has 8 heteroatoms. The maximum absolute atomic E-state index is 12.1. The Bertz CT molecular complexity index is 1120. The van der Waals surface area contributed by atoms with Crippen molar-refractivity contribution in [3.05, 3.63) is 71.9 Å². The summed E-state index contributed by atoms with van der Waals surface area (Å²) in [5.74, 6) is 0.145. The number of carbonyl (C=O) groups is 1. The first-order valence-corrected chi connectivity index (χ1v) is 9.66. The monoisotopic (exact) mass is 401 g/mol. The zero-order valence-electron chi connectivity index (χ0n) is 17.1. The van der Waals surface area contributed by atoms with Crippen molar-refractivity contribution < 1.29 is 4.79 Å². The SMILES string of the molecule is CN1/C(=C/C=N\NC(=O)Cn2nnc(-c3ccccc3)n2)C(C)(C)c2ccccc21. The lowest BCUT2D eigenvalue weighted by molar-refractivity contribution is -0.122. The predicted octanol–water partition coefficient (Wildman–Crippen LogP) is 2.75. The van der Waals surface area contributed by atoms with E-state index in [1.807, 2.05) is 55.6 Å². The number of nitrogens with zero attached hydrogens (tertiary/aromatic N) is 6. The fourth-order valence-corrected chi connectivity index (χ4v) is 3.70. The highest BCUT2D eigenvalue weighted by Gasteiger charge is 2.37. The number of hydrazone groups is 1. The first-order chi connectivity index (χ1) is 14.5. The van der Waals surface area contributed by atoms with Gasteiger partial charge in [0.1, 0.15) is 6.54 Å². The highest BCUT2D eigenvalue weighted by Crippen LogP contribution is 2.46. The van der Waals surface area contributed by atoms with Gasteiger partial charge < -0.3 is 4.90 Å². The molecule has 2 aromatic carbocycles. The first-order valence-electron chi connectivity index (χ1n) is 9.66. The Balaban J connectivity index is 1.37. The number of rotatable bonds is 5. The third kappa shape index (κ3) is 3.71. The second-order valence-electron chi connectivity index (χ2n) is 7.58. The highest BCUT2D eigenvalue weighted by molar-refractivity contribution is 5.81. The number of tetrazole rings is 1. The summed E-state index contributed by atoms with van der Waals surface area (Å²) in [7, 11) is 2.03. The average Bonchev–Trinajstić information content (AvgIpc) is 3.28. The van der Waals surface area contributed by atoms with Gasteiger partial charge in [-0.3, -0.25) is 4.79 Å². The van der Waals surface area contributed by atoms with E-state index in [4.69, 9.17) is 0 Å². The van der Waals surface area contributed by atoms with Crippen molar-refractivity contribution in [2.24, 2.45) is 5.10 Å². The van der Waals surface area contributed by atoms with E-state index in [-0.39, 0.29) is 17.9 Å². The standard InChI is InChI=1S/C22H23N7O/c1-22(2)17-11-7-8-12-18(17)28(3)19(22)13-14-23-24-20(30)15-29-26-21(25-27-29)16-9-5-4-6-10-16/h4-14H,15H2,1-3H3,(H,24,30)/b19-13+,23-14-. The fraction of sp³-hybridized carbons (Fsp3) is 0.227. The van der Waals surface area contributed by atoms with Crippen LogP contribution in [0.4, 0.5) is 5.69 Å². The van der Waals surface area contributed by atoms with Crippen molar-refractivity contribution in [1.82, 2.24) is 25.6 Å². The van der Waals surface area contributed by atoms with Crippen LogP contribution in [-0.4, -0.2) is 39.4 Å². The number of anilines is 1. The summed E-state index contributed by atoms with van der Waals surface area (Å²) in [4.78, 5) is 15.5. The van der Waals surface area contributed by atoms with E-state index in [0.29, 0.717) is 5.82 Å². The number of hydrogen-bond acceptors (Lipinski definition) is 6. The van der Waals surface area contributed by atoms with Gasteiger partial charge in [-0.25, -0.2) is 5.43 Å². The lowest BCUT2D eigenvalue weighted by Crippen LogP contribution is -2.25. The molecule has 3 aromatic rings. The number of allylic oxidation sites excluding steroid dienone is 2. The van der Waals surface area contributed by atoms with Crippen LogP contribution in [-0.2, 0) is 16.8 Å². The van der Waals surface area contributed by atoms with E-state index in [1.54, 1.807) is 6.21 Å². The molecule has 4 rings (SSSR count). The van der Waals surface area contributed by atoms with Gasteiger partial charge in [-0.1, -0.05) is 62.4 Å². The van der Waals surface area contributed by atoms with E-state index >= 15 is 0 Å². The molecule has 0 spiro atoms. The van der Waals surface area contributed by atoms with Crippen LogP contribution >= 0.6 is 0 Å². The Morgan fingerprint density at radius 3 is 2.63 bits per heavy atom. The quantitative estimate of drug-likeness (QED) is 0.525. The number of amides is 1. The Kier molecular flexibility index (Phi) is 5.14. The van der Waals surface area contributed by atoms with Gasteiger partial charge in [-0.15, -0.1) is 10.2 Å². The molecule has 0 radical (unpaired) electrons. The summed E-state index contributed by atoms with van der Waals surface area (Å²) in [6, 6.07) is 17.8. The lowest BCUT2D eigenvalue weighted by Gasteiger charge is -2.23. The van der Waals surface area contributed by atoms with Gasteiger partial charge in [0.05, 0.1) is 0 Å². The largest absolute Gasteiger partial charge is 0.347 e. The summed E-state index contributed by atoms with van der Waals surface area (Å²) in [5.41, 5.74) is 6.76. The van der Waals surface area contributed by atoms with E-state index in [2.05, 4.69) is 56.8 Å². The highest BCUT2D eigenvalue weighted by atomic mass is 16.2. The summed E-state index contributed by atoms with van der Waals surface area (Å²) < 4.78 is 0. The molecule has 8 nitrogen and oxygen atoms in total. The summed E-state index contributed by atoms with van der Waals surface area (Å²) in [6.07, 6.45) is 3.52. The summed E-state index contributed by atoms with van der Waals surface area (Å²) in [5, 5.41) is 16.2. The topological polar surface area (TPSA) is 88.3 Å². The van der Waals surface area contributed by atoms with Crippen molar-refractivity contribution in [2.75, 3.05) is 11.9 Å². The Labute approximate surface area is 174 Å². The van der Waals surface area contributed by atoms with Crippen LogP contribution in [0.3, 0.4) is 0 Å². The smallest absolute Gasteiger partial charge is 0.263 e.